The van der Waals surface area contributed by atoms with E-state index in [0.717, 1.165) is 46.3 Å². The van der Waals surface area contributed by atoms with E-state index in [0.29, 0.717) is 0 Å². The molecule has 0 aliphatic heterocycles. The van der Waals surface area contributed by atoms with Crippen LogP contribution in [0.15, 0.2) is 41.5 Å². The lowest BCUT2D eigenvalue weighted by atomic mass is 10.1. The quantitative estimate of drug-likeness (QED) is 0.658. The van der Waals surface area contributed by atoms with E-state index in [1.807, 2.05) is 30.5 Å². The third-order valence-corrected chi connectivity index (χ3v) is 5.17. The lowest BCUT2D eigenvalue weighted by Crippen LogP contribution is -1.84. The molecule has 4 heteroatoms. The Labute approximate surface area is 132 Å². The van der Waals surface area contributed by atoms with E-state index in [-0.39, 0.29) is 0 Å². The van der Waals surface area contributed by atoms with E-state index < -0.39 is 0 Å². The highest BCUT2D eigenvalue weighted by atomic mass is 32.1. The molecule has 0 fully saturated rings. The molecule has 0 saturated carbocycles. The van der Waals surface area contributed by atoms with Crippen LogP contribution >= 0.6 is 11.3 Å². The smallest absolute Gasteiger partial charge is 0.134 e. The Hall–Kier alpha value is -2.51. The fourth-order valence-corrected chi connectivity index (χ4v) is 4.09. The van der Waals surface area contributed by atoms with E-state index in [9.17, 15) is 5.26 Å². The zero-order valence-electron chi connectivity index (χ0n) is 11.9. The number of aryl methyl sites for hydroxylation is 1. The van der Waals surface area contributed by atoms with Crippen molar-refractivity contribution in [3.8, 4) is 6.07 Å². The van der Waals surface area contributed by atoms with Crippen LogP contribution in [0, 0.1) is 11.3 Å². The van der Waals surface area contributed by atoms with E-state index >= 15 is 0 Å². The number of aromatic nitrogens is 1. The molecule has 2 aromatic heterocycles. The SMILES string of the molecule is N#Cc1c(N=Cc2ccc3ncccc3c2)sc2c1CCC2. The molecule has 22 heavy (non-hydrogen) atoms. The largest absolute Gasteiger partial charge is 0.256 e. The van der Waals surface area contributed by atoms with Gasteiger partial charge >= 0.3 is 0 Å². The zero-order valence-corrected chi connectivity index (χ0v) is 12.7. The normalized spacial score (nSPS) is 13.6. The second kappa shape index (κ2) is 5.36. The van der Waals surface area contributed by atoms with E-state index in [4.69, 9.17) is 0 Å². The Kier molecular flexibility index (Phi) is 3.21. The maximum absolute atomic E-state index is 9.38. The van der Waals surface area contributed by atoms with Gasteiger partial charge in [-0.25, -0.2) is 4.99 Å². The summed E-state index contributed by atoms with van der Waals surface area (Å²) in [5.41, 5.74) is 4.00. The van der Waals surface area contributed by atoms with Crippen molar-refractivity contribution in [2.75, 3.05) is 0 Å². The van der Waals surface area contributed by atoms with Crippen LogP contribution in [-0.2, 0) is 12.8 Å². The maximum Gasteiger partial charge on any atom is 0.134 e. The molecule has 0 atom stereocenters. The van der Waals surface area contributed by atoms with Crippen LogP contribution in [0.1, 0.15) is 28.0 Å². The van der Waals surface area contributed by atoms with Crippen molar-refractivity contribution in [3.05, 3.63) is 58.1 Å². The van der Waals surface area contributed by atoms with Gasteiger partial charge in [-0.05, 0) is 48.6 Å². The molecule has 0 radical (unpaired) electrons. The first-order valence-electron chi connectivity index (χ1n) is 7.28. The molecule has 1 aliphatic carbocycles. The maximum atomic E-state index is 9.38. The van der Waals surface area contributed by atoms with Crippen LogP contribution in [0.25, 0.3) is 10.9 Å². The van der Waals surface area contributed by atoms with Gasteiger partial charge in [-0.2, -0.15) is 5.26 Å². The van der Waals surface area contributed by atoms with Gasteiger partial charge in [0.2, 0.25) is 0 Å². The average molecular weight is 303 g/mol. The Morgan fingerprint density at radius 1 is 1.27 bits per heavy atom. The molecule has 0 bridgehead atoms. The second-order valence-corrected chi connectivity index (χ2v) is 6.45. The molecule has 0 spiro atoms. The molecule has 0 unspecified atom stereocenters. The molecule has 106 valence electrons. The summed E-state index contributed by atoms with van der Waals surface area (Å²) in [6, 6.07) is 12.4. The van der Waals surface area contributed by atoms with Crippen LogP contribution in [0.3, 0.4) is 0 Å². The summed E-state index contributed by atoms with van der Waals surface area (Å²) < 4.78 is 0. The number of fused-ring (bicyclic) bond motifs is 2. The number of hydrogen-bond donors (Lipinski definition) is 0. The van der Waals surface area contributed by atoms with Crippen molar-refractivity contribution < 1.29 is 0 Å². The van der Waals surface area contributed by atoms with Gasteiger partial charge in [0.25, 0.3) is 0 Å². The molecule has 3 aromatic rings. The van der Waals surface area contributed by atoms with Crippen LogP contribution in [0.2, 0.25) is 0 Å². The van der Waals surface area contributed by atoms with Crippen molar-refractivity contribution in [2.24, 2.45) is 4.99 Å². The third kappa shape index (κ3) is 2.20. The molecular weight excluding hydrogens is 290 g/mol. The van der Waals surface area contributed by atoms with Gasteiger partial charge in [-0.15, -0.1) is 11.3 Å². The lowest BCUT2D eigenvalue weighted by molar-refractivity contribution is 0.913. The zero-order chi connectivity index (χ0) is 14.9. The van der Waals surface area contributed by atoms with Crippen molar-refractivity contribution in [2.45, 2.75) is 19.3 Å². The number of nitriles is 1. The topological polar surface area (TPSA) is 49.0 Å². The summed E-state index contributed by atoms with van der Waals surface area (Å²) in [6.07, 6.45) is 6.91. The average Bonchev–Trinajstić information content (AvgIpc) is 3.13. The number of hydrogen-bond acceptors (Lipinski definition) is 4. The Morgan fingerprint density at radius 2 is 2.23 bits per heavy atom. The van der Waals surface area contributed by atoms with Crippen molar-refractivity contribution in [1.29, 1.82) is 5.26 Å². The molecule has 3 nitrogen and oxygen atoms in total. The highest BCUT2D eigenvalue weighted by Crippen LogP contribution is 2.40. The molecule has 0 saturated heterocycles. The highest BCUT2D eigenvalue weighted by Gasteiger charge is 2.21. The first-order chi connectivity index (χ1) is 10.8. The highest BCUT2D eigenvalue weighted by molar-refractivity contribution is 7.16. The van der Waals surface area contributed by atoms with E-state index in [1.165, 1.54) is 10.4 Å². The summed E-state index contributed by atoms with van der Waals surface area (Å²) in [4.78, 5) is 10.2. The standard InChI is InChI=1S/C18H13N3S/c19-10-15-14-4-1-5-17(14)22-18(15)21-11-12-6-7-16-13(9-12)3-2-8-20-16/h2-3,6-9,11H,1,4-5H2. The molecule has 1 aromatic carbocycles. The van der Waals surface area contributed by atoms with Crippen LogP contribution in [0.5, 0.6) is 0 Å². The first kappa shape index (κ1) is 13.2. The minimum atomic E-state index is 0.774. The molecular formula is C18H13N3S. The number of benzene rings is 1. The summed E-state index contributed by atoms with van der Waals surface area (Å²) in [6.45, 7) is 0. The van der Waals surface area contributed by atoms with Gasteiger partial charge in [-0.1, -0.05) is 12.1 Å². The number of aliphatic imine (C=N–C) groups is 1. The van der Waals surface area contributed by atoms with Gasteiger partial charge < -0.3 is 0 Å². The molecule has 0 N–H and O–H groups in total. The van der Waals surface area contributed by atoms with Gasteiger partial charge in [0.15, 0.2) is 0 Å². The monoisotopic (exact) mass is 303 g/mol. The number of pyridine rings is 1. The van der Waals surface area contributed by atoms with Crippen LogP contribution < -0.4 is 0 Å². The van der Waals surface area contributed by atoms with Crippen molar-refractivity contribution in [1.82, 2.24) is 4.98 Å². The van der Waals surface area contributed by atoms with Gasteiger partial charge in [0.05, 0.1) is 11.1 Å². The molecule has 0 amide bonds. The van der Waals surface area contributed by atoms with Crippen LogP contribution in [-0.4, -0.2) is 11.2 Å². The summed E-state index contributed by atoms with van der Waals surface area (Å²) in [7, 11) is 0. The van der Waals surface area contributed by atoms with Gasteiger partial charge in [-0.3, -0.25) is 4.98 Å². The van der Waals surface area contributed by atoms with Gasteiger partial charge in [0.1, 0.15) is 11.1 Å². The van der Waals surface area contributed by atoms with Crippen LogP contribution in [0.4, 0.5) is 5.00 Å². The summed E-state index contributed by atoms with van der Waals surface area (Å²) in [5.74, 6) is 0. The Morgan fingerprint density at radius 3 is 3.14 bits per heavy atom. The minimum Gasteiger partial charge on any atom is -0.256 e. The lowest BCUT2D eigenvalue weighted by Gasteiger charge is -1.98. The fourth-order valence-electron chi connectivity index (χ4n) is 2.90. The Bertz CT molecular complexity index is 931. The number of thiophene rings is 1. The first-order valence-corrected chi connectivity index (χ1v) is 8.10. The third-order valence-electron chi connectivity index (χ3n) is 3.97. The Balaban J connectivity index is 1.70. The van der Waals surface area contributed by atoms with E-state index in [1.54, 1.807) is 17.5 Å². The molecule has 4 rings (SSSR count). The van der Waals surface area contributed by atoms with Crippen molar-refractivity contribution in [3.63, 3.8) is 0 Å². The second-order valence-electron chi connectivity index (χ2n) is 5.36. The summed E-state index contributed by atoms with van der Waals surface area (Å²) >= 11 is 1.66. The predicted molar refractivity (Wildman–Crippen MR) is 90.1 cm³/mol. The predicted octanol–water partition coefficient (Wildman–Crippen LogP) is 4.41. The molecule has 1 aliphatic rings. The summed E-state index contributed by atoms with van der Waals surface area (Å²) in [5, 5.41) is 11.3. The molecule has 2 heterocycles. The fraction of sp³-hybridized carbons (Fsp3) is 0.167. The van der Waals surface area contributed by atoms with Gasteiger partial charge in [0, 0.05) is 22.7 Å². The van der Waals surface area contributed by atoms with Crippen molar-refractivity contribution >= 4 is 33.5 Å². The number of rotatable bonds is 2. The van der Waals surface area contributed by atoms with E-state index in [2.05, 4.69) is 22.1 Å². The number of nitrogens with zero attached hydrogens (tertiary/aromatic N) is 3. The minimum absolute atomic E-state index is 0.774.